The second-order valence-corrected chi connectivity index (χ2v) is 2.56. The summed E-state index contributed by atoms with van der Waals surface area (Å²) in [6.07, 6.45) is -0.581. The number of ether oxygens (including phenoxy) is 1. The van der Waals surface area contributed by atoms with Crippen LogP contribution in [0, 0.1) is 0 Å². The highest BCUT2D eigenvalue weighted by atomic mass is 16.5. The van der Waals surface area contributed by atoms with Crippen LogP contribution in [0.2, 0.25) is 0 Å². The Bertz CT molecular complexity index is 83.1. The van der Waals surface area contributed by atoms with Crippen molar-refractivity contribution < 1.29 is 9.84 Å². The monoisotopic (exact) mass is 133 g/mol. The standard InChI is InChI=1S/C6H15NO2/c1-6(2,9-3)5(8)4-7/h5,8H,4,7H2,1-3H3. The van der Waals surface area contributed by atoms with Gasteiger partial charge in [0.15, 0.2) is 0 Å². The highest BCUT2D eigenvalue weighted by molar-refractivity contribution is 4.78. The number of hydrogen-bond acceptors (Lipinski definition) is 3. The fraction of sp³-hybridized carbons (Fsp3) is 1.00. The first-order valence-electron chi connectivity index (χ1n) is 2.98. The Morgan fingerprint density at radius 1 is 1.67 bits per heavy atom. The molecule has 0 fully saturated rings. The van der Waals surface area contributed by atoms with E-state index in [1.165, 1.54) is 0 Å². The van der Waals surface area contributed by atoms with E-state index in [0.717, 1.165) is 0 Å². The van der Waals surface area contributed by atoms with Gasteiger partial charge in [-0.1, -0.05) is 0 Å². The smallest absolute Gasteiger partial charge is 0.0946 e. The maximum Gasteiger partial charge on any atom is 0.0946 e. The van der Waals surface area contributed by atoms with E-state index in [2.05, 4.69) is 0 Å². The molecule has 0 heterocycles. The lowest BCUT2D eigenvalue weighted by atomic mass is 10.0. The van der Waals surface area contributed by atoms with Crippen molar-refractivity contribution in [3.8, 4) is 0 Å². The number of aliphatic hydroxyl groups excluding tert-OH is 1. The molecule has 0 aliphatic heterocycles. The lowest BCUT2D eigenvalue weighted by Crippen LogP contribution is -2.42. The van der Waals surface area contributed by atoms with Gasteiger partial charge in [0.05, 0.1) is 11.7 Å². The van der Waals surface area contributed by atoms with Gasteiger partial charge < -0.3 is 15.6 Å². The first-order valence-corrected chi connectivity index (χ1v) is 2.98. The van der Waals surface area contributed by atoms with Gasteiger partial charge in [-0.25, -0.2) is 0 Å². The van der Waals surface area contributed by atoms with E-state index in [4.69, 9.17) is 15.6 Å². The van der Waals surface area contributed by atoms with Crippen LogP contribution in [0.3, 0.4) is 0 Å². The van der Waals surface area contributed by atoms with E-state index < -0.39 is 11.7 Å². The van der Waals surface area contributed by atoms with Crippen LogP contribution in [0.5, 0.6) is 0 Å². The van der Waals surface area contributed by atoms with Crippen molar-refractivity contribution in [1.29, 1.82) is 0 Å². The van der Waals surface area contributed by atoms with Crippen molar-refractivity contribution in [3.05, 3.63) is 0 Å². The Hall–Kier alpha value is -0.120. The van der Waals surface area contributed by atoms with Crippen LogP contribution in [0.25, 0.3) is 0 Å². The molecule has 0 aliphatic rings. The molecule has 1 atom stereocenters. The number of hydrogen-bond donors (Lipinski definition) is 2. The largest absolute Gasteiger partial charge is 0.389 e. The summed E-state index contributed by atoms with van der Waals surface area (Å²) in [5, 5.41) is 9.14. The summed E-state index contributed by atoms with van der Waals surface area (Å²) in [7, 11) is 1.55. The Balaban J connectivity index is 3.80. The third kappa shape index (κ3) is 2.30. The van der Waals surface area contributed by atoms with Crippen molar-refractivity contribution in [2.24, 2.45) is 5.73 Å². The van der Waals surface area contributed by atoms with Gasteiger partial charge in [-0.15, -0.1) is 0 Å². The summed E-state index contributed by atoms with van der Waals surface area (Å²) in [5.74, 6) is 0. The third-order valence-electron chi connectivity index (χ3n) is 1.55. The number of aliphatic hydroxyl groups is 1. The molecule has 0 aliphatic carbocycles. The van der Waals surface area contributed by atoms with E-state index in [1.54, 1.807) is 21.0 Å². The zero-order valence-corrected chi connectivity index (χ0v) is 6.22. The fourth-order valence-corrected chi connectivity index (χ4v) is 0.420. The van der Waals surface area contributed by atoms with Crippen LogP contribution in [-0.4, -0.2) is 30.5 Å². The minimum atomic E-state index is -0.581. The van der Waals surface area contributed by atoms with Crippen LogP contribution in [0.4, 0.5) is 0 Å². The average molecular weight is 133 g/mol. The summed E-state index contributed by atoms with van der Waals surface area (Å²) in [6, 6.07) is 0. The Morgan fingerprint density at radius 2 is 2.11 bits per heavy atom. The zero-order chi connectivity index (χ0) is 7.49. The molecule has 9 heavy (non-hydrogen) atoms. The molecule has 0 saturated heterocycles. The van der Waals surface area contributed by atoms with Gasteiger partial charge in [-0.2, -0.15) is 0 Å². The summed E-state index contributed by atoms with van der Waals surface area (Å²) in [4.78, 5) is 0. The molecule has 0 aromatic heterocycles. The van der Waals surface area contributed by atoms with Crippen LogP contribution in [0.1, 0.15) is 13.8 Å². The lowest BCUT2D eigenvalue weighted by Gasteiger charge is -2.27. The van der Waals surface area contributed by atoms with E-state index >= 15 is 0 Å². The van der Waals surface area contributed by atoms with E-state index in [-0.39, 0.29) is 6.54 Å². The molecule has 0 aromatic rings. The lowest BCUT2D eigenvalue weighted by molar-refractivity contribution is -0.0726. The molecule has 56 valence electrons. The van der Waals surface area contributed by atoms with Crippen molar-refractivity contribution in [2.45, 2.75) is 25.6 Å². The number of nitrogens with two attached hydrogens (primary N) is 1. The molecule has 0 rings (SSSR count). The van der Waals surface area contributed by atoms with Crippen molar-refractivity contribution >= 4 is 0 Å². The van der Waals surface area contributed by atoms with E-state index in [9.17, 15) is 0 Å². The topological polar surface area (TPSA) is 55.5 Å². The SMILES string of the molecule is COC(C)(C)C(O)CN. The van der Waals surface area contributed by atoms with Crippen molar-refractivity contribution in [3.63, 3.8) is 0 Å². The zero-order valence-electron chi connectivity index (χ0n) is 6.22. The Labute approximate surface area is 55.8 Å². The molecule has 0 bridgehead atoms. The maximum atomic E-state index is 9.14. The highest BCUT2D eigenvalue weighted by Crippen LogP contribution is 2.11. The van der Waals surface area contributed by atoms with E-state index in [1.807, 2.05) is 0 Å². The molecular formula is C6H15NO2. The third-order valence-corrected chi connectivity index (χ3v) is 1.55. The summed E-state index contributed by atoms with van der Waals surface area (Å²) in [5.41, 5.74) is 4.68. The molecular weight excluding hydrogens is 118 g/mol. The van der Waals surface area contributed by atoms with Crippen LogP contribution in [-0.2, 0) is 4.74 Å². The van der Waals surface area contributed by atoms with Crippen LogP contribution in [0.15, 0.2) is 0 Å². The predicted octanol–water partition coefficient (Wildman–Crippen LogP) is -0.269. The van der Waals surface area contributed by atoms with Gasteiger partial charge in [-0.3, -0.25) is 0 Å². The summed E-state index contributed by atoms with van der Waals surface area (Å²) < 4.78 is 4.96. The van der Waals surface area contributed by atoms with Gasteiger partial charge in [0.25, 0.3) is 0 Å². The average Bonchev–Trinajstić information content (AvgIpc) is 1.86. The summed E-state index contributed by atoms with van der Waals surface area (Å²) in [6.45, 7) is 3.83. The molecule has 0 amide bonds. The second kappa shape index (κ2) is 3.15. The molecule has 0 aromatic carbocycles. The molecule has 0 saturated carbocycles. The normalized spacial score (nSPS) is 15.7. The Morgan fingerprint density at radius 3 is 2.22 bits per heavy atom. The maximum absolute atomic E-state index is 9.14. The van der Waals surface area contributed by atoms with E-state index in [0.29, 0.717) is 0 Å². The predicted molar refractivity (Wildman–Crippen MR) is 36.1 cm³/mol. The van der Waals surface area contributed by atoms with Crippen molar-refractivity contribution in [2.75, 3.05) is 13.7 Å². The molecule has 1 unspecified atom stereocenters. The fourth-order valence-electron chi connectivity index (χ4n) is 0.420. The first-order chi connectivity index (χ1) is 4.04. The molecule has 0 radical (unpaired) electrons. The van der Waals surface area contributed by atoms with Gasteiger partial charge in [-0.05, 0) is 13.8 Å². The molecule has 3 nitrogen and oxygen atoms in total. The second-order valence-electron chi connectivity index (χ2n) is 2.56. The van der Waals surface area contributed by atoms with Crippen LogP contribution >= 0.6 is 0 Å². The molecule has 3 N–H and O–H groups in total. The molecule has 0 spiro atoms. The van der Waals surface area contributed by atoms with Gasteiger partial charge in [0.1, 0.15) is 0 Å². The first kappa shape index (κ1) is 8.88. The Kier molecular flexibility index (Phi) is 3.11. The van der Waals surface area contributed by atoms with Crippen molar-refractivity contribution in [1.82, 2.24) is 0 Å². The van der Waals surface area contributed by atoms with Crippen LogP contribution < -0.4 is 5.73 Å². The number of rotatable bonds is 3. The van der Waals surface area contributed by atoms with Gasteiger partial charge in [0, 0.05) is 13.7 Å². The molecule has 3 heteroatoms. The highest BCUT2D eigenvalue weighted by Gasteiger charge is 2.25. The van der Waals surface area contributed by atoms with Gasteiger partial charge in [0.2, 0.25) is 0 Å². The number of methoxy groups -OCH3 is 1. The minimum absolute atomic E-state index is 0.237. The minimum Gasteiger partial charge on any atom is -0.389 e. The van der Waals surface area contributed by atoms with Gasteiger partial charge >= 0.3 is 0 Å². The quantitative estimate of drug-likeness (QED) is 0.557. The summed E-state index contributed by atoms with van der Waals surface area (Å²) >= 11 is 0.